The molecule has 0 amide bonds. The number of fused-ring (bicyclic) bond motifs is 10. The maximum Gasteiger partial charge on any atom is 0.0686 e. The second kappa shape index (κ2) is 13.7. The molecule has 0 N–H and O–H groups in total. The van der Waals surface area contributed by atoms with Crippen molar-refractivity contribution >= 4 is 22.6 Å². The number of hydrogen-bond donors (Lipinski definition) is 0. The van der Waals surface area contributed by atoms with Crippen LogP contribution in [0.4, 0.5) is 17.1 Å². The number of nitrogens with zero attached hydrogens (tertiary/aromatic N) is 1. The lowest BCUT2D eigenvalue weighted by Gasteiger charge is -2.33. The van der Waals surface area contributed by atoms with Crippen molar-refractivity contribution in [2.45, 2.75) is 31.6 Å². The normalized spacial score (nSPS) is 16.4. The van der Waals surface area contributed by atoms with E-state index in [1.165, 1.54) is 89.0 Å². The zero-order valence-electron chi connectivity index (χ0n) is 34.3. The average Bonchev–Trinajstić information content (AvgIpc) is 3.83. The molecule has 1 heteroatoms. The topological polar surface area (TPSA) is 3.24 Å². The van der Waals surface area contributed by atoms with Crippen LogP contribution in [0.2, 0.25) is 0 Å². The van der Waals surface area contributed by atoms with E-state index in [9.17, 15) is 0 Å². The molecule has 1 nitrogen and oxygen atoms in total. The van der Waals surface area contributed by atoms with Gasteiger partial charge in [-0.25, -0.2) is 0 Å². The number of rotatable bonds is 7. The molecule has 11 rings (SSSR count). The number of allylic oxidation sites excluding steroid dienone is 5. The molecule has 0 saturated heterocycles. The first-order valence-corrected chi connectivity index (χ1v) is 21.1. The monoisotopic (exact) mass is 767 g/mol. The molecule has 0 radical (unpaired) electrons. The van der Waals surface area contributed by atoms with Crippen molar-refractivity contribution in [2.24, 2.45) is 0 Å². The summed E-state index contributed by atoms with van der Waals surface area (Å²) in [6.07, 6.45) is 6.20. The van der Waals surface area contributed by atoms with E-state index in [1.54, 1.807) is 0 Å². The van der Waals surface area contributed by atoms with Crippen LogP contribution >= 0.6 is 0 Å². The summed E-state index contributed by atoms with van der Waals surface area (Å²) in [7, 11) is 0. The van der Waals surface area contributed by atoms with Gasteiger partial charge in [-0.1, -0.05) is 190 Å². The van der Waals surface area contributed by atoms with Gasteiger partial charge in [0.05, 0.1) is 11.1 Å². The summed E-state index contributed by atoms with van der Waals surface area (Å²) in [5.41, 5.74) is 23.3. The van der Waals surface area contributed by atoms with Crippen LogP contribution in [-0.4, -0.2) is 0 Å². The zero-order valence-corrected chi connectivity index (χ0v) is 34.3. The first-order valence-electron chi connectivity index (χ1n) is 21.1. The van der Waals surface area contributed by atoms with E-state index in [0.717, 1.165) is 17.1 Å². The van der Waals surface area contributed by atoms with Crippen LogP contribution < -0.4 is 4.90 Å². The van der Waals surface area contributed by atoms with Gasteiger partial charge in [-0.15, -0.1) is 0 Å². The Morgan fingerprint density at radius 1 is 0.433 bits per heavy atom. The summed E-state index contributed by atoms with van der Waals surface area (Å²) in [4.78, 5) is 2.52. The standard InChI is InChI=1S/C59H45N/c1-5-6-23-45-39(2)59(53-28-17-14-24-46(45)53)54-29-18-15-26-48(54)50-34-32-44(38-56(50)59)60(43-31-33-49-47-25-13-16-27-52(47)58(3,4)55(49)37-43)57-35-30-42(40-19-9-7-10-20-40)36-51(57)41-21-11-8-12-22-41/h5-38H,1H2,2-4H3/b23-6-. The maximum absolute atomic E-state index is 4.03. The molecule has 1 atom stereocenters. The molecule has 0 aliphatic heterocycles. The Kier molecular flexibility index (Phi) is 8.19. The third kappa shape index (κ3) is 5.12. The first-order chi connectivity index (χ1) is 29.4. The Morgan fingerprint density at radius 3 is 1.62 bits per heavy atom. The third-order valence-corrected chi connectivity index (χ3v) is 13.5. The Hall–Kier alpha value is -7.22. The van der Waals surface area contributed by atoms with Crippen LogP contribution in [0.25, 0.3) is 50.1 Å². The lowest BCUT2D eigenvalue weighted by Crippen LogP contribution is -2.26. The molecule has 8 aromatic carbocycles. The van der Waals surface area contributed by atoms with Crippen LogP contribution in [-0.2, 0) is 10.8 Å². The molecule has 0 bridgehead atoms. The molecule has 0 fully saturated rings. The molecule has 1 spiro atoms. The molecule has 3 aliphatic carbocycles. The highest BCUT2D eigenvalue weighted by atomic mass is 15.1. The van der Waals surface area contributed by atoms with Gasteiger partial charge < -0.3 is 4.90 Å². The second-order valence-electron chi connectivity index (χ2n) is 16.9. The third-order valence-electron chi connectivity index (χ3n) is 13.5. The highest BCUT2D eigenvalue weighted by Crippen LogP contribution is 2.63. The van der Waals surface area contributed by atoms with E-state index in [1.807, 2.05) is 6.08 Å². The zero-order chi connectivity index (χ0) is 40.6. The van der Waals surface area contributed by atoms with Crippen LogP contribution in [0.5, 0.6) is 0 Å². The summed E-state index contributed by atoms with van der Waals surface area (Å²) in [6.45, 7) is 11.1. The van der Waals surface area contributed by atoms with Gasteiger partial charge >= 0.3 is 0 Å². The first kappa shape index (κ1) is 35.9. The van der Waals surface area contributed by atoms with Gasteiger partial charge in [0.25, 0.3) is 0 Å². The fourth-order valence-electron chi connectivity index (χ4n) is 10.8. The quantitative estimate of drug-likeness (QED) is 0.146. The molecule has 60 heavy (non-hydrogen) atoms. The molecule has 0 aromatic heterocycles. The van der Waals surface area contributed by atoms with Gasteiger partial charge in [0, 0.05) is 22.4 Å². The van der Waals surface area contributed by atoms with Gasteiger partial charge in [-0.3, -0.25) is 0 Å². The smallest absolute Gasteiger partial charge is 0.0686 e. The fraction of sp³-hybridized carbons (Fsp3) is 0.0847. The summed E-state index contributed by atoms with van der Waals surface area (Å²) in [5.74, 6) is 0. The molecule has 0 saturated carbocycles. The predicted molar refractivity (Wildman–Crippen MR) is 253 cm³/mol. The van der Waals surface area contributed by atoms with E-state index in [4.69, 9.17) is 0 Å². The summed E-state index contributed by atoms with van der Waals surface area (Å²) < 4.78 is 0. The van der Waals surface area contributed by atoms with Gasteiger partial charge in [-0.05, 0) is 127 Å². The van der Waals surface area contributed by atoms with Crippen LogP contribution in [0.3, 0.4) is 0 Å². The van der Waals surface area contributed by atoms with E-state index in [0.29, 0.717) is 0 Å². The Labute approximate surface area is 354 Å². The van der Waals surface area contributed by atoms with Gasteiger partial charge in [-0.2, -0.15) is 0 Å². The summed E-state index contributed by atoms with van der Waals surface area (Å²) in [5, 5.41) is 0. The Morgan fingerprint density at radius 2 is 0.950 bits per heavy atom. The van der Waals surface area contributed by atoms with Crippen LogP contribution in [0, 0.1) is 0 Å². The predicted octanol–water partition coefficient (Wildman–Crippen LogP) is 15.6. The van der Waals surface area contributed by atoms with Crippen LogP contribution in [0.15, 0.2) is 218 Å². The summed E-state index contributed by atoms with van der Waals surface area (Å²) in [6, 6.07) is 70.0. The number of anilines is 3. The molecule has 0 heterocycles. The second-order valence-corrected chi connectivity index (χ2v) is 16.9. The molecule has 8 aromatic rings. The molecule has 3 aliphatic rings. The lowest BCUT2D eigenvalue weighted by atomic mass is 9.70. The van der Waals surface area contributed by atoms with Crippen molar-refractivity contribution in [1.29, 1.82) is 0 Å². The minimum Gasteiger partial charge on any atom is -0.310 e. The Balaban J connectivity index is 1.20. The van der Waals surface area contributed by atoms with Crippen molar-refractivity contribution in [1.82, 2.24) is 0 Å². The lowest BCUT2D eigenvalue weighted by molar-refractivity contribution is 0.660. The van der Waals surface area contributed by atoms with Crippen molar-refractivity contribution in [3.63, 3.8) is 0 Å². The molecular formula is C59H45N. The molecule has 286 valence electrons. The van der Waals surface area contributed by atoms with E-state index in [2.05, 4.69) is 232 Å². The van der Waals surface area contributed by atoms with Crippen LogP contribution in [0.1, 0.15) is 54.2 Å². The minimum absolute atomic E-state index is 0.151. The van der Waals surface area contributed by atoms with Crippen molar-refractivity contribution in [3.05, 3.63) is 252 Å². The largest absolute Gasteiger partial charge is 0.310 e. The average molecular weight is 768 g/mol. The minimum atomic E-state index is -0.452. The van der Waals surface area contributed by atoms with E-state index < -0.39 is 5.41 Å². The van der Waals surface area contributed by atoms with Crippen molar-refractivity contribution in [2.75, 3.05) is 4.90 Å². The highest BCUT2D eigenvalue weighted by Gasteiger charge is 2.51. The van der Waals surface area contributed by atoms with Crippen molar-refractivity contribution < 1.29 is 0 Å². The SMILES string of the molecule is C=C/C=C\C1=C(C)C2(c3ccccc31)c1ccccc1-c1ccc(N(c3ccc4c(c3)C(C)(C)c3ccccc3-4)c3ccc(-c4ccccc4)cc3-c3ccccc3)cc12. The molecular weight excluding hydrogens is 723 g/mol. The van der Waals surface area contributed by atoms with Crippen molar-refractivity contribution in [3.8, 4) is 44.5 Å². The Bertz CT molecular complexity index is 3090. The number of benzene rings is 8. The highest BCUT2D eigenvalue weighted by molar-refractivity contribution is 5.99. The number of hydrogen-bond acceptors (Lipinski definition) is 1. The summed E-state index contributed by atoms with van der Waals surface area (Å²) >= 11 is 0. The fourth-order valence-corrected chi connectivity index (χ4v) is 10.8. The van der Waals surface area contributed by atoms with E-state index in [-0.39, 0.29) is 5.41 Å². The molecule has 1 unspecified atom stereocenters. The van der Waals surface area contributed by atoms with Gasteiger partial charge in [0.15, 0.2) is 0 Å². The van der Waals surface area contributed by atoms with Gasteiger partial charge in [0.2, 0.25) is 0 Å². The van der Waals surface area contributed by atoms with Gasteiger partial charge in [0.1, 0.15) is 0 Å². The van der Waals surface area contributed by atoms with E-state index >= 15 is 0 Å². The maximum atomic E-state index is 4.03.